The Morgan fingerprint density at radius 3 is 2.71 bits per heavy atom. The fourth-order valence-corrected chi connectivity index (χ4v) is 2.74. The average Bonchev–Trinajstić information content (AvgIpc) is 2.83. The molecule has 1 aliphatic rings. The summed E-state index contributed by atoms with van der Waals surface area (Å²) in [6, 6.07) is 7.44. The number of rotatable bonds is 4. The summed E-state index contributed by atoms with van der Waals surface area (Å²) in [5.74, 6) is -0.0934. The van der Waals surface area contributed by atoms with E-state index in [9.17, 15) is 9.90 Å². The van der Waals surface area contributed by atoms with Gasteiger partial charge in [0.05, 0.1) is 13.0 Å². The molecule has 1 aromatic carbocycles. The molecule has 3 heteroatoms. The van der Waals surface area contributed by atoms with Crippen molar-refractivity contribution in [1.29, 1.82) is 0 Å². The van der Waals surface area contributed by atoms with E-state index in [0.717, 1.165) is 37.0 Å². The van der Waals surface area contributed by atoms with Crippen LogP contribution in [0.1, 0.15) is 37.2 Å². The van der Waals surface area contributed by atoms with Crippen LogP contribution in [0.2, 0.25) is 0 Å². The maximum atomic E-state index is 11.4. The average molecular weight is 234 g/mol. The van der Waals surface area contributed by atoms with Gasteiger partial charge in [-0.3, -0.25) is 4.79 Å². The van der Waals surface area contributed by atoms with E-state index in [0.29, 0.717) is 0 Å². The van der Waals surface area contributed by atoms with Gasteiger partial charge < -0.3 is 9.84 Å². The van der Waals surface area contributed by atoms with Gasteiger partial charge in [-0.15, -0.1) is 0 Å². The molecule has 1 atom stereocenters. The molecule has 1 unspecified atom stereocenters. The van der Waals surface area contributed by atoms with Crippen LogP contribution in [0.4, 0.5) is 0 Å². The quantitative estimate of drug-likeness (QED) is 0.871. The van der Waals surface area contributed by atoms with E-state index < -0.39 is 5.97 Å². The van der Waals surface area contributed by atoms with Crippen LogP contribution in [0.5, 0.6) is 5.75 Å². The monoisotopic (exact) mass is 234 g/mol. The molecule has 0 aliphatic heterocycles. The highest BCUT2D eigenvalue weighted by Gasteiger charge is 2.31. The highest BCUT2D eigenvalue weighted by atomic mass is 16.5. The topological polar surface area (TPSA) is 46.5 Å². The first-order chi connectivity index (χ1) is 8.22. The van der Waals surface area contributed by atoms with Crippen molar-refractivity contribution in [2.75, 3.05) is 7.11 Å². The number of benzene rings is 1. The Morgan fingerprint density at radius 1 is 1.41 bits per heavy atom. The van der Waals surface area contributed by atoms with Crippen molar-refractivity contribution in [2.24, 2.45) is 5.92 Å². The standard InChI is InChI=1S/C14H18O3/c1-17-12-8-4-7-11(9-12)13(14(15)16)10-5-2-3-6-10/h4,7-10,13H,2-3,5-6H2,1H3,(H,15,16). The summed E-state index contributed by atoms with van der Waals surface area (Å²) in [5, 5.41) is 9.41. The number of carboxylic acid groups (broad SMARTS) is 1. The minimum absolute atomic E-state index is 0.277. The van der Waals surface area contributed by atoms with E-state index in [2.05, 4.69) is 0 Å². The van der Waals surface area contributed by atoms with Crippen molar-refractivity contribution in [3.63, 3.8) is 0 Å². The van der Waals surface area contributed by atoms with E-state index in [1.54, 1.807) is 7.11 Å². The lowest BCUT2D eigenvalue weighted by atomic mass is 9.85. The van der Waals surface area contributed by atoms with Gasteiger partial charge in [0.2, 0.25) is 0 Å². The van der Waals surface area contributed by atoms with Gasteiger partial charge in [-0.1, -0.05) is 25.0 Å². The van der Waals surface area contributed by atoms with Crippen LogP contribution in [-0.2, 0) is 4.79 Å². The van der Waals surface area contributed by atoms with Gasteiger partial charge in [0.15, 0.2) is 0 Å². The Bertz CT molecular complexity index is 394. The van der Waals surface area contributed by atoms with Crippen LogP contribution in [-0.4, -0.2) is 18.2 Å². The fourth-order valence-electron chi connectivity index (χ4n) is 2.74. The lowest BCUT2D eigenvalue weighted by Crippen LogP contribution is -2.19. The van der Waals surface area contributed by atoms with Crippen LogP contribution in [0.15, 0.2) is 24.3 Å². The predicted octanol–water partition coefficient (Wildman–Crippen LogP) is 3.05. The summed E-state index contributed by atoms with van der Waals surface area (Å²) >= 11 is 0. The van der Waals surface area contributed by atoms with Crippen molar-refractivity contribution in [3.05, 3.63) is 29.8 Å². The SMILES string of the molecule is COc1cccc(C(C(=O)O)C2CCCC2)c1. The third kappa shape index (κ3) is 2.60. The number of aliphatic carboxylic acids is 1. The van der Waals surface area contributed by atoms with E-state index in [1.807, 2.05) is 24.3 Å². The van der Waals surface area contributed by atoms with Gasteiger partial charge in [-0.2, -0.15) is 0 Å². The van der Waals surface area contributed by atoms with Gasteiger partial charge in [0, 0.05) is 0 Å². The highest BCUT2D eigenvalue weighted by Crippen LogP contribution is 2.38. The van der Waals surface area contributed by atoms with Crippen LogP contribution < -0.4 is 4.74 Å². The molecule has 17 heavy (non-hydrogen) atoms. The summed E-state index contributed by atoms with van der Waals surface area (Å²) in [4.78, 5) is 11.4. The smallest absolute Gasteiger partial charge is 0.311 e. The molecule has 1 fully saturated rings. The van der Waals surface area contributed by atoms with Crippen molar-refractivity contribution >= 4 is 5.97 Å². The molecule has 3 nitrogen and oxygen atoms in total. The zero-order valence-electron chi connectivity index (χ0n) is 10.1. The molecule has 1 saturated carbocycles. The summed E-state index contributed by atoms with van der Waals surface area (Å²) < 4.78 is 5.15. The number of hydrogen-bond donors (Lipinski definition) is 1. The van der Waals surface area contributed by atoms with E-state index >= 15 is 0 Å². The van der Waals surface area contributed by atoms with Crippen molar-refractivity contribution in [2.45, 2.75) is 31.6 Å². The number of hydrogen-bond acceptors (Lipinski definition) is 2. The first-order valence-electron chi connectivity index (χ1n) is 6.09. The Morgan fingerprint density at radius 2 is 2.12 bits per heavy atom. The first-order valence-corrected chi connectivity index (χ1v) is 6.09. The summed E-state index contributed by atoms with van der Waals surface area (Å²) in [5.41, 5.74) is 0.865. The molecule has 1 aromatic rings. The Kier molecular flexibility index (Phi) is 3.67. The highest BCUT2D eigenvalue weighted by molar-refractivity contribution is 5.76. The summed E-state index contributed by atoms with van der Waals surface area (Å²) in [7, 11) is 1.60. The molecular formula is C14H18O3. The second kappa shape index (κ2) is 5.21. The number of methoxy groups -OCH3 is 1. The molecule has 92 valence electrons. The largest absolute Gasteiger partial charge is 0.497 e. The molecule has 1 aliphatic carbocycles. The molecule has 2 rings (SSSR count). The zero-order chi connectivity index (χ0) is 12.3. The van der Waals surface area contributed by atoms with E-state index in [4.69, 9.17) is 4.74 Å². The van der Waals surface area contributed by atoms with Gasteiger partial charge in [0.1, 0.15) is 5.75 Å². The molecule has 0 aromatic heterocycles. The van der Waals surface area contributed by atoms with Crippen molar-refractivity contribution < 1.29 is 14.6 Å². The van der Waals surface area contributed by atoms with Gasteiger partial charge in [0.25, 0.3) is 0 Å². The third-order valence-corrected chi connectivity index (χ3v) is 3.59. The maximum Gasteiger partial charge on any atom is 0.311 e. The number of ether oxygens (including phenoxy) is 1. The van der Waals surface area contributed by atoms with Crippen molar-refractivity contribution in [1.82, 2.24) is 0 Å². The third-order valence-electron chi connectivity index (χ3n) is 3.59. The maximum absolute atomic E-state index is 11.4. The van der Waals surface area contributed by atoms with Crippen LogP contribution in [0, 0.1) is 5.92 Å². The minimum atomic E-state index is -0.717. The molecular weight excluding hydrogens is 216 g/mol. The molecule has 0 spiro atoms. The summed E-state index contributed by atoms with van der Waals surface area (Å²) in [6.45, 7) is 0. The van der Waals surface area contributed by atoms with Crippen molar-refractivity contribution in [3.8, 4) is 5.75 Å². The molecule has 0 heterocycles. The zero-order valence-corrected chi connectivity index (χ0v) is 10.1. The lowest BCUT2D eigenvalue weighted by molar-refractivity contribution is -0.140. The predicted molar refractivity (Wildman–Crippen MR) is 65.3 cm³/mol. The normalized spacial score (nSPS) is 17.9. The van der Waals surface area contributed by atoms with Crippen LogP contribution in [0.3, 0.4) is 0 Å². The fraction of sp³-hybridized carbons (Fsp3) is 0.500. The molecule has 0 saturated heterocycles. The Balaban J connectivity index is 2.28. The van der Waals surface area contributed by atoms with Crippen LogP contribution in [0.25, 0.3) is 0 Å². The lowest BCUT2D eigenvalue weighted by Gasteiger charge is -2.20. The number of carboxylic acids is 1. The second-order valence-electron chi connectivity index (χ2n) is 4.64. The van der Waals surface area contributed by atoms with Gasteiger partial charge in [-0.25, -0.2) is 0 Å². The Hall–Kier alpha value is -1.51. The van der Waals surface area contributed by atoms with Gasteiger partial charge in [-0.05, 0) is 36.5 Å². The molecule has 1 N–H and O–H groups in total. The van der Waals surface area contributed by atoms with Crippen LogP contribution >= 0.6 is 0 Å². The Labute approximate surface area is 101 Å². The minimum Gasteiger partial charge on any atom is -0.497 e. The summed E-state index contributed by atoms with van der Waals surface area (Å²) in [6.07, 6.45) is 4.35. The first kappa shape index (κ1) is 12.0. The van der Waals surface area contributed by atoms with E-state index in [-0.39, 0.29) is 11.8 Å². The van der Waals surface area contributed by atoms with Gasteiger partial charge >= 0.3 is 5.97 Å². The molecule has 0 amide bonds. The number of carbonyl (C=O) groups is 1. The molecule has 0 bridgehead atoms. The van der Waals surface area contributed by atoms with E-state index in [1.165, 1.54) is 0 Å². The molecule has 0 radical (unpaired) electrons. The second-order valence-corrected chi connectivity index (χ2v) is 4.64.